The van der Waals surface area contributed by atoms with Gasteiger partial charge in [0.25, 0.3) is 0 Å². The molecule has 168 valence electrons. The number of aliphatic imine (C=N–C) groups is 2. The molecule has 3 aliphatic heterocycles. The van der Waals surface area contributed by atoms with Gasteiger partial charge in [0.2, 0.25) is 0 Å². The predicted molar refractivity (Wildman–Crippen MR) is 127 cm³/mol. The van der Waals surface area contributed by atoms with E-state index in [0.29, 0.717) is 28.8 Å². The lowest BCUT2D eigenvalue weighted by Gasteiger charge is -2.59. The molecule has 2 unspecified atom stereocenters. The van der Waals surface area contributed by atoms with E-state index >= 15 is 0 Å². The van der Waals surface area contributed by atoms with Gasteiger partial charge >= 0.3 is 0 Å². The van der Waals surface area contributed by atoms with Crippen LogP contribution in [0.25, 0.3) is 0 Å². The number of benzene rings is 1. The first-order valence-electron chi connectivity index (χ1n) is 11.4. The van der Waals surface area contributed by atoms with Gasteiger partial charge in [0, 0.05) is 22.8 Å². The summed E-state index contributed by atoms with van der Waals surface area (Å²) >= 11 is 13.2. The summed E-state index contributed by atoms with van der Waals surface area (Å²) in [6, 6.07) is 5.09. The van der Waals surface area contributed by atoms with E-state index in [1.807, 2.05) is 16.8 Å². The molecule has 5 aliphatic rings. The molecule has 1 aromatic heterocycles. The zero-order valence-electron chi connectivity index (χ0n) is 17.7. The molecule has 7 nitrogen and oxygen atoms in total. The maximum atomic E-state index is 6.76. The first kappa shape index (κ1) is 20.7. The Hall–Kier alpha value is -1.93. The maximum Gasteiger partial charge on any atom is 0.153 e. The summed E-state index contributed by atoms with van der Waals surface area (Å²) in [5.74, 6) is 0.353. The van der Waals surface area contributed by atoms with Gasteiger partial charge < -0.3 is 10.5 Å². The van der Waals surface area contributed by atoms with Gasteiger partial charge in [-0.15, -0.1) is 0 Å². The Kier molecular flexibility index (Phi) is 5.25. The van der Waals surface area contributed by atoms with Gasteiger partial charge in [-0.25, -0.2) is 14.6 Å². The molecule has 1 aromatic carbocycles. The van der Waals surface area contributed by atoms with Crippen molar-refractivity contribution in [2.75, 3.05) is 0 Å². The van der Waals surface area contributed by atoms with Gasteiger partial charge in [-0.05, 0) is 62.1 Å². The molecular weight excluding hydrogens is 447 g/mol. The minimum Gasteiger partial charge on any atom is -0.390 e. The Morgan fingerprint density at radius 3 is 2.47 bits per heavy atom. The van der Waals surface area contributed by atoms with Crippen molar-refractivity contribution in [1.29, 1.82) is 0 Å². The van der Waals surface area contributed by atoms with Crippen LogP contribution in [0, 0.1) is 0 Å². The third kappa shape index (κ3) is 3.55. The molecule has 7 rings (SSSR count). The summed E-state index contributed by atoms with van der Waals surface area (Å²) in [7, 11) is 0. The average Bonchev–Trinajstić information content (AvgIpc) is 3.53. The Morgan fingerprint density at radius 2 is 1.81 bits per heavy atom. The SMILES string of the molecule is NC=Nc1cc(C2CC3OC(C2)N3C2CCC2)c(Cl)cc1C=Nc1cnn(C2CC2)c1Cl. The largest absolute Gasteiger partial charge is 0.390 e. The number of fused-ring (bicyclic) bond motifs is 2. The minimum atomic E-state index is 0.216. The van der Waals surface area contributed by atoms with Crippen LogP contribution < -0.4 is 5.73 Å². The molecule has 2 atom stereocenters. The van der Waals surface area contributed by atoms with Crippen LogP contribution in [0.2, 0.25) is 10.2 Å². The molecular formula is C23H26Cl2N6O. The normalized spacial score (nSPS) is 28.4. The third-order valence-corrected chi connectivity index (χ3v) is 7.89. The second-order valence-corrected chi connectivity index (χ2v) is 9.98. The Labute approximate surface area is 197 Å². The van der Waals surface area contributed by atoms with Crippen LogP contribution in [-0.2, 0) is 4.74 Å². The molecule has 3 saturated heterocycles. The number of aromatic nitrogens is 2. The smallest absolute Gasteiger partial charge is 0.153 e. The third-order valence-electron chi connectivity index (χ3n) is 7.20. The Bertz CT molecular complexity index is 1080. The van der Waals surface area contributed by atoms with Crippen molar-refractivity contribution in [3.05, 3.63) is 39.6 Å². The number of piperidine rings is 1. The van der Waals surface area contributed by atoms with Crippen LogP contribution in [0.4, 0.5) is 11.4 Å². The lowest BCUT2D eigenvalue weighted by atomic mass is 9.81. The highest BCUT2D eigenvalue weighted by atomic mass is 35.5. The number of ether oxygens (including phenoxy) is 1. The first-order valence-corrected chi connectivity index (χ1v) is 12.2. The number of nitrogens with two attached hydrogens (primary N) is 1. The molecule has 9 heteroatoms. The van der Waals surface area contributed by atoms with Gasteiger partial charge in [-0.3, -0.25) is 4.99 Å². The summed E-state index contributed by atoms with van der Waals surface area (Å²) in [6.07, 6.45) is 13.3. The van der Waals surface area contributed by atoms with E-state index < -0.39 is 0 Å². The van der Waals surface area contributed by atoms with Crippen LogP contribution in [-0.4, -0.2) is 45.7 Å². The molecule has 2 saturated carbocycles. The predicted octanol–water partition coefficient (Wildman–Crippen LogP) is 5.31. The molecule has 2 aliphatic carbocycles. The van der Waals surface area contributed by atoms with Crippen molar-refractivity contribution in [3.63, 3.8) is 0 Å². The average molecular weight is 473 g/mol. The zero-order chi connectivity index (χ0) is 21.8. The van der Waals surface area contributed by atoms with Gasteiger partial charge in [-0.1, -0.05) is 29.6 Å². The van der Waals surface area contributed by atoms with Gasteiger partial charge in [0.1, 0.15) is 18.1 Å². The highest BCUT2D eigenvalue weighted by Crippen LogP contribution is 2.49. The van der Waals surface area contributed by atoms with Crippen molar-refractivity contribution in [1.82, 2.24) is 14.7 Å². The van der Waals surface area contributed by atoms with Gasteiger partial charge in [0.15, 0.2) is 5.15 Å². The molecule has 5 fully saturated rings. The molecule has 0 radical (unpaired) electrons. The number of rotatable bonds is 6. The van der Waals surface area contributed by atoms with Crippen LogP contribution >= 0.6 is 23.2 Å². The van der Waals surface area contributed by atoms with Crippen LogP contribution in [0.1, 0.15) is 68.0 Å². The zero-order valence-corrected chi connectivity index (χ0v) is 19.2. The molecule has 0 spiro atoms. The molecule has 32 heavy (non-hydrogen) atoms. The van der Waals surface area contributed by atoms with Gasteiger partial charge in [-0.2, -0.15) is 5.10 Å². The maximum absolute atomic E-state index is 6.76. The molecule has 2 aromatic rings. The van der Waals surface area contributed by atoms with Gasteiger partial charge in [0.05, 0.1) is 24.3 Å². The van der Waals surface area contributed by atoms with Crippen molar-refractivity contribution in [2.45, 2.75) is 75.4 Å². The molecule has 2 bridgehead atoms. The second-order valence-electron chi connectivity index (χ2n) is 9.21. The summed E-state index contributed by atoms with van der Waals surface area (Å²) in [6.45, 7) is 0. The standard InChI is InChI=1S/C23H26Cl2N6O/c24-18-6-14(10-27-20-11-29-31(23(20)25)16-4-5-16)19(28-12-26)9-17(18)13-7-21-30(15-2-1-3-15)22(8-13)32-21/h6,9-13,15-16,21-22H,1-5,7-8H2,(H2,26,28). The summed E-state index contributed by atoms with van der Waals surface area (Å²) in [4.78, 5) is 11.5. The number of hydrogen-bond acceptors (Lipinski definition) is 5. The fourth-order valence-corrected chi connectivity index (χ4v) is 5.74. The van der Waals surface area contributed by atoms with Crippen LogP contribution in [0.15, 0.2) is 28.3 Å². The minimum absolute atomic E-state index is 0.216. The topological polar surface area (TPSA) is 81.0 Å². The first-order chi connectivity index (χ1) is 15.6. The fraction of sp³-hybridized carbons (Fsp3) is 0.522. The summed E-state index contributed by atoms with van der Waals surface area (Å²) in [5, 5.41) is 5.65. The van der Waals surface area contributed by atoms with E-state index in [1.54, 1.807) is 12.4 Å². The summed E-state index contributed by atoms with van der Waals surface area (Å²) in [5.41, 5.74) is 8.93. The molecule has 0 amide bonds. The van der Waals surface area contributed by atoms with E-state index in [-0.39, 0.29) is 12.5 Å². The molecule has 4 heterocycles. The van der Waals surface area contributed by atoms with E-state index in [2.05, 4.69) is 20.0 Å². The number of nitrogens with zero attached hydrogens (tertiary/aromatic N) is 5. The highest BCUT2D eigenvalue weighted by Gasteiger charge is 2.51. The lowest BCUT2D eigenvalue weighted by molar-refractivity contribution is -0.333. The monoisotopic (exact) mass is 472 g/mol. The number of halogens is 2. The summed E-state index contributed by atoms with van der Waals surface area (Å²) < 4.78 is 7.89. The van der Waals surface area contributed by atoms with Crippen LogP contribution in [0.3, 0.4) is 0 Å². The highest BCUT2D eigenvalue weighted by molar-refractivity contribution is 6.32. The quantitative estimate of drug-likeness (QED) is 0.456. The van der Waals surface area contributed by atoms with Crippen molar-refractivity contribution in [3.8, 4) is 0 Å². The second kappa shape index (κ2) is 8.13. The van der Waals surface area contributed by atoms with Crippen molar-refractivity contribution in [2.24, 2.45) is 15.7 Å². The van der Waals surface area contributed by atoms with E-state index in [0.717, 1.165) is 47.5 Å². The van der Waals surface area contributed by atoms with E-state index in [4.69, 9.17) is 33.7 Å². The van der Waals surface area contributed by atoms with Crippen molar-refractivity contribution < 1.29 is 4.74 Å². The molecule has 2 N–H and O–H groups in total. The van der Waals surface area contributed by atoms with Crippen LogP contribution in [0.5, 0.6) is 0 Å². The van der Waals surface area contributed by atoms with E-state index in [1.165, 1.54) is 25.6 Å². The van der Waals surface area contributed by atoms with E-state index in [9.17, 15) is 0 Å². The fourth-order valence-electron chi connectivity index (χ4n) is 5.13. The Balaban J connectivity index is 1.24. The lowest BCUT2D eigenvalue weighted by Crippen LogP contribution is -2.67. The number of hydrogen-bond donors (Lipinski definition) is 1. The Morgan fingerprint density at radius 1 is 1.03 bits per heavy atom. The van der Waals surface area contributed by atoms with Crippen molar-refractivity contribution >= 4 is 47.1 Å².